The van der Waals surface area contributed by atoms with Gasteiger partial charge in [-0.2, -0.15) is 0 Å². The van der Waals surface area contributed by atoms with Gasteiger partial charge in [-0.3, -0.25) is 24.0 Å². The van der Waals surface area contributed by atoms with E-state index in [1.807, 2.05) is 86.6 Å². The summed E-state index contributed by atoms with van der Waals surface area (Å²) >= 11 is 7.79. The average molecular weight is 1140 g/mol. The Bertz CT molecular complexity index is 2640. The second kappa shape index (κ2) is 30.7. The first-order valence-electron chi connectivity index (χ1n) is 28.4. The standard InChI is InChI=1S/C60H82ClN7O11S/c1-40-33-52(72)54-53(40)56(64-38-63-54)66-21-23-67(24-22-66)58(74)49(43-16-18-45(61)19-17-43)11-7-6-9-46(69)10-8-25-76-27-29-78-31-32-79-30-28-77-26-20-47(70)34-50(60(3,4)5)59(75)68-37-48(71)35-51(68)57(73)62-36-42-12-14-44(15-13-42)55-41(2)65-39-80-55/h12-19,38-40,48-52,71-72H,6-11,20-37H2,1-5H3,(H,62,73)/t40-,48-,49-,50-,51+,52-/m1/s1. The molecular weight excluding hydrogens is 1060 g/mol. The van der Waals surface area contributed by atoms with Gasteiger partial charge < -0.3 is 49.2 Å². The van der Waals surface area contributed by atoms with Crippen molar-refractivity contribution in [2.45, 2.75) is 135 Å². The number of unbranched alkanes of at least 4 members (excludes halogenated alkanes) is 1. The number of thiazole rings is 1. The van der Waals surface area contributed by atoms with Gasteiger partial charge in [-0.05, 0) is 72.8 Å². The molecule has 20 heteroatoms. The monoisotopic (exact) mass is 1140 g/mol. The summed E-state index contributed by atoms with van der Waals surface area (Å²) in [6, 6.07) is 14.5. The number of fused-ring (bicyclic) bond motifs is 1. The minimum absolute atomic E-state index is 0.00392. The molecular formula is C60H82ClN7O11S. The van der Waals surface area contributed by atoms with Crippen LogP contribution in [-0.2, 0) is 49.5 Å². The lowest BCUT2D eigenvalue weighted by Gasteiger charge is -2.38. The Kier molecular flexibility index (Phi) is 23.9. The summed E-state index contributed by atoms with van der Waals surface area (Å²) in [4.78, 5) is 87.4. The van der Waals surface area contributed by atoms with Crippen LogP contribution in [0.2, 0.25) is 5.02 Å². The smallest absolute Gasteiger partial charge is 0.243 e. The van der Waals surface area contributed by atoms with Gasteiger partial charge in [0.15, 0.2) is 0 Å². The third-order valence-electron chi connectivity index (χ3n) is 15.4. The number of nitrogens with one attached hydrogen (secondary N) is 1. The maximum Gasteiger partial charge on any atom is 0.243 e. The van der Waals surface area contributed by atoms with Crippen molar-refractivity contribution in [2.75, 3.05) is 90.5 Å². The van der Waals surface area contributed by atoms with E-state index in [9.17, 15) is 34.2 Å². The SMILES string of the molecule is Cc1ncsc1-c1ccc(CNC(=O)[C@@H]2C[C@@H](O)CN2C(=O)[C@@H](CC(=O)CCOCCOCCOCCOCCCC(=O)CCCC[C@@H](C(=O)N2CCN(c3ncnc4c3[C@H](C)C[C@H]4O)CC2)c2ccc(Cl)cc2)C(C)(C)C)cc1. The predicted octanol–water partition coefficient (Wildman–Crippen LogP) is 7.80. The minimum atomic E-state index is -0.843. The molecule has 3 aliphatic rings. The zero-order chi connectivity index (χ0) is 57.2. The first-order chi connectivity index (χ1) is 38.5. The molecule has 2 fully saturated rings. The van der Waals surface area contributed by atoms with Crippen molar-refractivity contribution >= 4 is 58.0 Å². The van der Waals surface area contributed by atoms with E-state index >= 15 is 0 Å². The van der Waals surface area contributed by atoms with Crippen molar-refractivity contribution < 1.29 is 53.1 Å². The third kappa shape index (κ3) is 17.9. The summed E-state index contributed by atoms with van der Waals surface area (Å²) in [5.41, 5.74) is 6.81. The van der Waals surface area contributed by atoms with E-state index < -0.39 is 29.6 Å². The van der Waals surface area contributed by atoms with E-state index in [2.05, 4.69) is 32.1 Å². The third-order valence-corrected chi connectivity index (χ3v) is 16.6. The van der Waals surface area contributed by atoms with Crippen molar-refractivity contribution in [3.8, 4) is 10.4 Å². The highest BCUT2D eigenvalue weighted by atomic mass is 35.5. The number of rotatable bonds is 31. The van der Waals surface area contributed by atoms with Crippen molar-refractivity contribution in [1.82, 2.24) is 30.1 Å². The maximum absolute atomic E-state index is 14.1. The highest BCUT2D eigenvalue weighted by Gasteiger charge is 2.44. The minimum Gasteiger partial charge on any atom is -0.391 e. The Morgan fingerprint density at radius 3 is 2.06 bits per heavy atom. The van der Waals surface area contributed by atoms with Gasteiger partial charge in [-0.15, -0.1) is 11.3 Å². The molecule has 0 bridgehead atoms. The van der Waals surface area contributed by atoms with Crippen LogP contribution in [0, 0.1) is 18.3 Å². The number of aromatic nitrogens is 3. The fourth-order valence-electron chi connectivity index (χ4n) is 10.8. The molecule has 0 saturated carbocycles. The average Bonchev–Trinajstić information content (AvgIpc) is 4.18. The van der Waals surface area contributed by atoms with Gasteiger partial charge in [-0.1, -0.05) is 82.1 Å². The highest BCUT2D eigenvalue weighted by Crippen LogP contribution is 2.43. The molecule has 7 rings (SSSR count). The topological polar surface area (TPSA) is 223 Å². The van der Waals surface area contributed by atoms with Gasteiger partial charge >= 0.3 is 0 Å². The maximum atomic E-state index is 14.1. The number of likely N-dealkylation sites (tertiary alicyclic amines) is 1. The normalized spacial score (nSPS) is 19.0. The number of Topliss-reactive ketones (excluding diaryl/α,β-unsaturated/α-hetero) is 2. The van der Waals surface area contributed by atoms with Gasteiger partial charge in [0.2, 0.25) is 17.7 Å². The number of anilines is 1. The van der Waals surface area contributed by atoms with Gasteiger partial charge in [0.1, 0.15) is 29.8 Å². The molecule has 436 valence electrons. The first-order valence-corrected chi connectivity index (χ1v) is 29.7. The number of aliphatic hydroxyl groups excluding tert-OH is 2. The predicted molar refractivity (Wildman–Crippen MR) is 306 cm³/mol. The number of β-amino-alcohol motifs (C(OH)–C–C–N with tert-alkyl or cyclic N) is 1. The van der Waals surface area contributed by atoms with Crippen LogP contribution in [0.5, 0.6) is 0 Å². The Morgan fingerprint density at radius 1 is 0.762 bits per heavy atom. The number of piperazine rings is 1. The van der Waals surface area contributed by atoms with E-state index in [-0.39, 0.29) is 80.1 Å². The molecule has 2 aromatic heterocycles. The molecule has 2 saturated heterocycles. The van der Waals surface area contributed by atoms with Crippen LogP contribution in [0.15, 0.2) is 60.4 Å². The number of carbonyl (C=O) groups excluding carboxylic acids is 5. The van der Waals surface area contributed by atoms with Gasteiger partial charge in [0.05, 0.1) is 86.1 Å². The molecule has 2 aromatic carbocycles. The summed E-state index contributed by atoms with van der Waals surface area (Å²) in [5, 5.41) is 24.6. The molecule has 6 atom stereocenters. The Balaban J connectivity index is 0.692. The Hall–Kier alpha value is -5.25. The van der Waals surface area contributed by atoms with Crippen molar-refractivity contribution in [1.29, 1.82) is 0 Å². The summed E-state index contributed by atoms with van der Waals surface area (Å²) < 4.78 is 22.6. The molecule has 80 heavy (non-hydrogen) atoms. The van der Waals surface area contributed by atoms with Crippen molar-refractivity contribution in [3.63, 3.8) is 0 Å². The quantitative estimate of drug-likeness (QED) is 0.0409. The lowest BCUT2D eigenvalue weighted by Crippen LogP contribution is -2.50. The number of benzene rings is 2. The largest absolute Gasteiger partial charge is 0.391 e. The van der Waals surface area contributed by atoms with Crippen LogP contribution in [0.3, 0.4) is 0 Å². The molecule has 4 aromatic rings. The van der Waals surface area contributed by atoms with Crippen LogP contribution >= 0.6 is 22.9 Å². The molecule has 4 heterocycles. The number of nitrogens with zero attached hydrogens (tertiary/aromatic N) is 6. The molecule has 1 aliphatic carbocycles. The molecule has 18 nitrogen and oxygen atoms in total. The number of aliphatic hydroxyl groups is 2. The number of hydrogen-bond acceptors (Lipinski definition) is 16. The number of halogens is 1. The lowest BCUT2D eigenvalue weighted by molar-refractivity contribution is -0.146. The Morgan fingerprint density at radius 2 is 1.41 bits per heavy atom. The van der Waals surface area contributed by atoms with E-state index in [0.29, 0.717) is 122 Å². The van der Waals surface area contributed by atoms with Gasteiger partial charge in [0, 0.05) is 94.5 Å². The molecule has 0 spiro atoms. The molecule has 3 N–H and O–H groups in total. The first kappa shape index (κ1) is 62.4. The number of aryl methyl sites for hydroxylation is 1. The van der Waals surface area contributed by atoms with Crippen LogP contribution in [0.4, 0.5) is 5.82 Å². The van der Waals surface area contributed by atoms with Crippen LogP contribution < -0.4 is 10.2 Å². The van der Waals surface area contributed by atoms with E-state index in [1.165, 1.54) is 11.2 Å². The molecule has 2 aliphatic heterocycles. The molecule has 0 unspecified atom stereocenters. The van der Waals surface area contributed by atoms with E-state index in [1.54, 1.807) is 11.3 Å². The fourth-order valence-corrected chi connectivity index (χ4v) is 11.8. The van der Waals surface area contributed by atoms with Gasteiger partial charge in [0.25, 0.3) is 0 Å². The number of amides is 3. The highest BCUT2D eigenvalue weighted by molar-refractivity contribution is 7.13. The van der Waals surface area contributed by atoms with Gasteiger partial charge in [-0.25, -0.2) is 15.0 Å². The number of carbonyl (C=O) groups is 5. The van der Waals surface area contributed by atoms with Crippen LogP contribution in [0.1, 0.15) is 138 Å². The summed E-state index contributed by atoms with van der Waals surface area (Å²) in [6.45, 7) is 15.2. The van der Waals surface area contributed by atoms with E-state index in [0.717, 1.165) is 45.1 Å². The lowest BCUT2D eigenvalue weighted by atomic mass is 9.76. The summed E-state index contributed by atoms with van der Waals surface area (Å²) in [5.74, 6) is -0.528. The van der Waals surface area contributed by atoms with Crippen molar-refractivity contribution in [2.24, 2.45) is 11.3 Å². The van der Waals surface area contributed by atoms with Crippen molar-refractivity contribution in [3.05, 3.63) is 93.5 Å². The summed E-state index contributed by atoms with van der Waals surface area (Å²) in [6.07, 6.45) is 4.55. The molecule has 3 amide bonds. The number of ether oxygens (including phenoxy) is 4. The zero-order valence-electron chi connectivity index (χ0n) is 47.2. The molecule has 0 radical (unpaired) electrons. The second-order valence-electron chi connectivity index (χ2n) is 22.4. The fraction of sp³-hybridized carbons (Fsp3) is 0.600. The van der Waals surface area contributed by atoms with Crippen LogP contribution in [-0.4, -0.2) is 162 Å². The number of hydrogen-bond donors (Lipinski definition) is 3. The van der Waals surface area contributed by atoms with E-state index in [4.69, 9.17) is 30.5 Å². The second-order valence-corrected chi connectivity index (χ2v) is 23.7. The summed E-state index contributed by atoms with van der Waals surface area (Å²) in [7, 11) is 0. The number of ketones is 2. The zero-order valence-corrected chi connectivity index (χ0v) is 48.8. The van der Waals surface area contributed by atoms with Crippen LogP contribution in [0.25, 0.3) is 10.4 Å². The Labute approximate surface area is 480 Å².